The largest absolute Gasteiger partial charge is 0.466 e. The van der Waals surface area contributed by atoms with Gasteiger partial charge in [-0.2, -0.15) is 0 Å². The molecule has 0 aliphatic rings. The van der Waals surface area contributed by atoms with Crippen LogP contribution < -0.4 is 5.32 Å². The molecule has 2 aromatic rings. The van der Waals surface area contributed by atoms with Gasteiger partial charge in [-0.1, -0.05) is 6.92 Å². The van der Waals surface area contributed by atoms with E-state index in [9.17, 15) is 0 Å². The van der Waals surface area contributed by atoms with Gasteiger partial charge in [0.05, 0.1) is 5.56 Å². The maximum Gasteiger partial charge on any atom is 0.181 e. The molecule has 0 saturated heterocycles. The summed E-state index contributed by atoms with van der Waals surface area (Å²) in [5.41, 5.74) is 1.93. The smallest absolute Gasteiger partial charge is 0.181 e. The fourth-order valence-corrected chi connectivity index (χ4v) is 1.85. The Morgan fingerprint density at radius 1 is 1.35 bits per heavy atom. The van der Waals surface area contributed by atoms with Crippen LogP contribution in [0.1, 0.15) is 30.6 Å². The van der Waals surface area contributed by atoms with Gasteiger partial charge in [-0.25, -0.2) is 4.98 Å². The Balaban J connectivity index is 2.21. The second-order valence-corrected chi connectivity index (χ2v) is 4.13. The molecule has 4 heteroatoms. The summed E-state index contributed by atoms with van der Waals surface area (Å²) in [4.78, 5) is 4.24. The first-order valence-electron chi connectivity index (χ1n) is 5.92. The molecular weight excluding hydrogens is 216 g/mol. The molecule has 0 radical (unpaired) electrons. The van der Waals surface area contributed by atoms with Gasteiger partial charge in [0.1, 0.15) is 17.2 Å². The molecule has 0 bridgehead atoms. The molecule has 0 aliphatic heterocycles. The third-order valence-electron chi connectivity index (χ3n) is 2.65. The van der Waals surface area contributed by atoms with Gasteiger partial charge in [-0.15, -0.1) is 0 Å². The van der Waals surface area contributed by atoms with E-state index in [4.69, 9.17) is 8.83 Å². The first-order chi connectivity index (χ1) is 8.22. The highest BCUT2D eigenvalue weighted by atomic mass is 16.4. The van der Waals surface area contributed by atoms with E-state index in [1.807, 2.05) is 19.9 Å². The van der Waals surface area contributed by atoms with Gasteiger partial charge in [-0.3, -0.25) is 0 Å². The lowest BCUT2D eigenvalue weighted by atomic mass is 10.1. The maximum absolute atomic E-state index is 5.51. The molecule has 0 saturated carbocycles. The Morgan fingerprint density at radius 2 is 2.18 bits per heavy atom. The summed E-state index contributed by atoms with van der Waals surface area (Å²) in [6, 6.07) is 1.99. The van der Waals surface area contributed by atoms with E-state index in [-0.39, 0.29) is 0 Å². The average Bonchev–Trinajstić information content (AvgIpc) is 2.85. The summed E-state index contributed by atoms with van der Waals surface area (Å²) >= 11 is 0. The normalized spacial score (nSPS) is 11.0. The number of hydrogen-bond donors (Lipinski definition) is 1. The van der Waals surface area contributed by atoms with Crippen LogP contribution in [0.25, 0.3) is 11.3 Å². The van der Waals surface area contributed by atoms with Crippen molar-refractivity contribution >= 4 is 0 Å². The van der Waals surface area contributed by atoms with Crippen LogP contribution in [-0.4, -0.2) is 11.5 Å². The summed E-state index contributed by atoms with van der Waals surface area (Å²) in [5, 5.41) is 3.32. The molecule has 0 atom stereocenters. The lowest BCUT2D eigenvalue weighted by Crippen LogP contribution is -2.14. The molecule has 2 aromatic heterocycles. The zero-order chi connectivity index (χ0) is 12.3. The van der Waals surface area contributed by atoms with Crippen LogP contribution in [0.5, 0.6) is 0 Å². The van der Waals surface area contributed by atoms with Crippen LogP contribution in [0.15, 0.2) is 21.3 Å². The number of hydrogen-bond acceptors (Lipinski definition) is 4. The van der Waals surface area contributed by atoms with Crippen LogP contribution in [0.3, 0.4) is 0 Å². The molecular formula is C13H18N2O2. The maximum atomic E-state index is 5.51. The van der Waals surface area contributed by atoms with Crippen LogP contribution in [0.4, 0.5) is 0 Å². The monoisotopic (exact) mass is 234 g/mol. The highest BCUT2D eigenvalue weighted by Crippen LogP contribution is 2.28. The molecule has 1 N–H and O–H groups in total. The van der Waals surface area contributed by atoms with E-state index < -0.39 is 0 Å². The van der Waals surface area contributed by atoms with E-state index in [0.717, 1.165) is 48.0 Å². The van der Waals surface area contributed by atoms with Crippen molar-refractivity contribution in [1.29, 1.82) is 0 Å². The quantitative estimate of drug-likeness (QED) is 0.808. The predicted molar refractivity (Wildman–Crippen MR) is 65.7 cm³/mol. The third-order valence-corrected chi connectivity index (χ3v) is 2.65. The zero-order valence-electron chi connectivity index (χ0n) is 10.5. The number of nitrogens with zero attached hydrogens (tertiary/aromatic N) is 1. The fraction of sp³-hybridized carbons (Fsp3) is 0.462. The van der Waals surface area contributed by atoms with Crippen molar-refractivity contribution < 1.29 is 8.83 Å². The minimum Gasteiger partial charge on any atom is -0.466 e. The lowest BCUT2D eigenvalue weighted by molar-refractivity contribution is 0.503. The average molecular weight is 234 g/mol. The zero-order valence-corrected chi connectivity index (χ0v) is 10.5. The highest BCUT2D eigenvalue weighted by molar-refractivity contribution is 5.62. The summed E-state index contributed by atoms with van der Waals surface area (Å²) in [7, 11) is 0. The van der Waals surface area contributed by atoms with E-state index in [1.54, 1.807) is 0 Å². The molecule has 92 valence electrons. The van der Waals surface area contributed by atoms with Gasteiger partial charge in [-0.05, 0) is 32.9 Å². The minimum atomic E-state index is 0.726. The van der Waals surface area contributed by atoms with E-state index in [2.05, 4.69) is 17.2 Å². The number of furan rings is 1. The fourth-order valence-electron chi connectivity index (χ4n) is 1.85. The van der Waals surface area contributed by atoms with Gasteiger partial charge in [0.2, 0.25) is 0 Å². The van der Waals surface area contributed by atoms with Gasteiger partial charge in [0.25, 0.3) is 0 Å². The van der Waals surface area contributed by atoms with Crippen molar-refractivity contribution in [3.05, 3.63) is 29.7 Å². The van der Waals surface area contributed by atoms with Gasteiger partial charge in [0, 0.05) is 6.54 Å². The van der Waals surface area contributed by atoms with E-state index >= 15 is 0 Å². The molecule has 0 aromatic carbocycles. The summed E-state index contributed by atoms with van der Waals surface area (Å²) < 4.78 is 11.0. The Kier molecular flexibility index (Phi) is 3.64. The van der Waals surface area contributed by atoms with Crippen LogP contribution in [0, 0.1) is 13.8 Å². The molecule has 2 heterocycles. The second kappa shape index (κ2) is 5.19. The molecule has 4 nitrogen and oxygen atoms in total. The molecule has 2 rings (SSSR count). The number of aromatic nitrogens is 1. The number of aryl methyl sites for hydroxylation is 2. The van der Waals surface area contributed by atoms with Gasteiger partial charge < -0.3 is 14.2 Å². The summed E-state index contributed by atoms with van der Waals surface area (Å²) in [5.74, 6) is 2.57. The number of nitrogens with one attached hydrogen (secondary N) is 1. The first kappa shape index (κ1) is 11.9. The van der Waals surface area contributed by atoms with Gasteiger partial charge >= 0.3 is 0 Å². The molecule has 0 unspecified atom stereocenters. The van der Waals surface area contributed by atoms with Crippen molar-refractivity contribution in [2.45, 2.75) is 33.7 Å². The van der Waals surface area contributed by atoms with Crippen molar-refractivity contribution in [1.82, 2.24) is 10.3 Å². The summed E-state index contributed by atoms with van der Waals surface area (Å²) in [6.45, 7) is 7.72. The molecule has 0 fully saturated rings. The number of oxazole rings is 1. The van der Waals surface area contributed by atoms with Crippen LogP contribution in [-0.2, 0) is 6.54 Å². The Labute approximate surface area is 101 Å². The second-order valence-electron chi connectivity index (χ2n) is 4.13. The Bertz CT molecular complexity index is 485. The van der Waals surface area contributed by atoms with Crippen molar-refractivity contribution in [2.75, 3.05) is 6.54 Å². The van der Waals surface area contributed by atoms with Crippen molar-refractivity contribution in [3.63, 3.8) is 0 Å². The predicted octanol–water partition coefficient (Wildman–Crippen LogP) is 3.05. The summed E-state index contributed by atoms with van der Waals surface area (Å²) in [6.07, 6.45) is 2.59. The SMILES string of the molecule is CCCNCc1ncoc1-c1cc(C)oc1C. The third kappa shape index (κ3) is 2.58. The van der Waals surface area contributed by atoms with E-state index in [1.165, 1.54) is 6.39 Å². The molecule has 0 spiro atoms. The minimum absolute atomic E-state index is 0.726. The lowest BCUT2D eigenvalue weighted by Gasteiger charge is -2.01. The first-order valence-corrected chi connectivity index (χ1v) is 5.92. The van der Waals surface area contributed by atoms with Crippen LogP contribution in [0.2, 0.25) is 0 Å². The van der Waals surface area contributed by atoms with Crippen molar-refractivity contribution in [3.8, 4) is 11.3 Å². The molecule has 0 amide bonds. The highest BCUT2D eigenvalue weighted by Gasteiger charge is 2.15. The Morgan fingerprint density at radius 3 is 2.82 bits per heavy atom. The van der Waals surface area contributed by atoms with Gasteiger partial charge in [0.15, 0.2) is 12.2 Å². The number of rotatable bonds is 5. The van der Waals surface area contributed by atoms with E-state index in [0.29, 0.717) is 0 Å². The molecule has 17 heavy (non-hydrogen) atoms. The van der Waals surface area contributed by atoms with Crippen LogP contribution >= 0.6 is 0 Å². The standard InChI is InChI=1S/C13H18N2O2/c1-4-5-14-7-12-13(16-8-15-12)11-6-9(2)17-10(11)3/h6,8,14H,4-5,7H2,1-3H3. The van der Waals surface area contributed by atoms with Crippen molar-refractivity contribution in [2.24, 2.45) is 0 Å². The Hall–Kier alpha value is -1.55. The topological polar surface area (TPSA) is 51.2 Å². The molecule has 0 aliphatic carbocycles.